The monoisotopic (exact) mass is 233 g/mol. The van der Waals surface area contributed by atoms with Gasteiger partial charge in [-0.1, -0.05) is 57.8 Å². The van der Waals surface area contributed by atoms with Crippen LogP contribution in [0.15, 0.2) is 0 Å². The molecule has 0 unspecified atom stereocenters. The Morgan fingerprint density at radius 3 is 1.76 bits per heavy atom. The van der Waals surface area contributed by atoms with Crippen LogP contribution in [0.4, 0.5) is 0 Å². The molecular formula is C17H29. The Bertz CT molecular complexity index is 218. The topological polar surface area (TPSA) is 0 Å². The van der Waals surface area contributed by atoms with Crippen LogP contribution < -0.4 is 0 Å². The number of hydrogen-bond acceptors (Lipinski definition) is 0. The van der Waals surface area contributed by atoms with Gasteiger partial charge in [-0.2, -0.15) is 0 Å². The molecular weight excluding hydrogens is 204 g/mol. The van der Waals surface area contributed by atoms with E-state index >= 15 is 0 Å². The second kappa shape index (κ2) is 5.76. The van der Waals surface area contributed by atoms with E-state index in [9.17, 15) is 0 Å². The van der Waals surface area contributed by atoms with Gasteiger partial charge in [0.25, 0.3) is 0 Å². The van der Waals surface area contributed by atoms with E-state index in [4.69, 9.17) is 0 Å². The van der Waals surface area contributed by atoms with Crippen molar-refractivity contribution in [1.82, 2.24) is 0 Å². The van der Waals surface area contributed by atoms with Gasteiger partial charge >= 0.3 is 0 Å². The van der Waals surface area contributed by atoms with Crippen LogP contribution in [0.25, 0.3) is 0 Å². The second-order valence-corrected chi connectivity index (χ2v) is 7.09. The molecule has 3 fully saturated rings. The maximum atomic E-state index is 1.98. The molecule has 0 heterocycles. The Labute approximate surface area is 108 Å². The SMILES string of the molecule is C1CC(CC[C](CC2CCCC2)CC2CC2)C1. The van der Waals surface area contributed by atoms with Crippen molar-refractivity contribution in [2.24, 2.45) is 17.8 Å². The molecule has 0 nitrogen and oxygen atoms in total. The van der Waals surface area contributed by atoms with Crippen LogP contribution >= 0.6 is 0 Å². The number of hydrogen-bond donors (Lipinski definition) is 0. The Balaban J connectivity index is 1.41. The van der Waals surface area contributed by atoms with Gasteiger partial charge in [0.15, 0.2) is 0 Å². The van der Waals surface area contributed by atoms with E-state index in [1.165, 1.54) is 70.6 Å². The summed E-state index contributed by atoms with van der Waals surface area (Å²) in [5.74, 6) is 5.30. The normalized spacial score (nSPS) is 26.6. The highest BCUT2D eigenvalue weighted by molar-refractivity contribution is 4.98. The molecule has 0 aliphatic heterocycles. The van der Waals surface area contributed by atoms with Crippen molar-refractivity contribution >= 4 is 0 Å². The van der Waals surface area contributed by atoms with Crippen LogP contribution in [0.3, 0.4) is 0 Å². The molecule has 0 aromatic rings. The van der Waals surface area contributed by atoms with E-state index in [0.717, 1.165) is 17.8 Å². The quantitative estimate of drug-likeness (QED) is 0.543. The van der Waals surface area contributed by atoms with Gasteiger partial charge in [0.2, 0.25) is 0 Å². The lowest BCUT2D eigenvalue weighted by Gasteiger charge is -2.28. The first-order chi connectivity index (χ1) is 8.40. The van der Waals surface area contributed by atoms with Crippen molar-refractivity contribution in [3.05, 3.63) is 5.92 Å². The van der Waals surface area contributed by atoms with Gasteiger partial charge < -0.3 is 0 Å². The van der Waals surface area contributed by atoms with Crippen molar-refractivity contribution in [2.75, 3.05) is 0 Å². The van der Waals surface area contributed by atoms with Crippen LogP contribution in [0.5, 0.6) is 0 Å². The molecule has 3 aliphatic carbocycles. The fourth-order valence-electron chi connectivity index (χ4n) is 3.83. The average Bonchev–Trinajstić information content (AvgIpc) is 2.91. The third kappa shape index (κ3) is 3.73. The van der Waals surface area contributed by atoms with Crippen molar-refractivity contribution in [3.8, 4) is 0 Å². The summed E-state index contributed by atoms with van der Waals surface area (Å²) in [6, 6.07) is 0. The molecule has 3 saturated carbocycles. The Morgan fingerprint density at radius 2 is 1.24 bits per heavy atom. The average molecular weight is 233 g/mol. The highest BCUT2D eigenvalue weighted by Crippen LogP contribution is 2.43. The first kappa shape index (κ1) is 12.1. The van der Waals surface area contributed by atoms with Crippen molar-refractivity contribution in [3.63, 3.8) is 0 Å². The third-order valence-electron chi connectivity index (χ3n) is 5.46. The fraction of sp³-hybridized carbons (Fsp3) is 0.941. The predicted octanol–water partition coefficient (Wildman–Crippen LogP) is 5.52. The molecule has 97 valence electrons. The summed E-state index contributed by atoms with van der Waals surface area (Å²) in [7, 11) is 0. The largest absolute Gasteiger partial charge is 0.0530 e. The molecule has 0 aromatic carbocycles. The van der Waals surface area contributed by atoms with Gasteiger partial charge in [-0.25, -0.2) is 0 Å². The first-order valence-corrected chi connectivity index (χ1v) is 8.23. The van der Waals surface area contributed by atoms with Gasteiger partial charge in [-0.15, -0.1) is 0 Å². The maximum Gasteiger partial charge on any atom is -0.0235 e. The maximum absolute atomic E-state index is 1.98. The summed E-state index contributed by atoms with van der Waals surface area (Å²) in [5, 5.41) is 0. The summed E-state index contributed by atoms with van der Waals surface area (Å²) >= 11 is 0. The lowest BCUT2D eigenvalue weighted by atomic mass is 9.78. The van der Waals surface area contributed by atoms with Gasteiger partial charge in [-0.3, -0.25) is 0 Å². The summed E-state index contributed by atoms with van der Waals surface area (Å²) in [4.78, 5) is 0. The zero-order valence-electron chi connectivity index (χ0n) is 11.4. The summed E-state index contributed by atoms with van der Waals surface area (Å²) in [5.41, 5.74) is 0. The molecule has 0 amide bonds. The zero-order valence-corrected chi connectivity index (χ0v) is 11.4. The lowest BCUT2D eigenvalue weighted by molar-refractivity contribution is 0.285. The van der Waals surface area contributed by atoms with Crippen molar-refractivity contribution < 1.29 is 0 Å². The summed E-state index contributed by atoms with van der Waals surface area (Å²) in [6.07, 6.45) is 19.9. The van der Waals surface area contributed by atoms with Crippen LogP contribution in [0.2, 0.25) is 0 Å². The van der Waals surface area contributed by atoms with Crippen molar-refractivity contribution in [2.45, 2.75) is 83.5 Å². The fourth-order valence-corrected chi connectivity index (χ4v) is 3.83. The van der Waals surface area contributed by atoms with E-state index in [2.05, 4.69) is 0 Å². The zero-order chi connectivity index (χ0) is 11.5. The van der Waals surface area contributed by atoms with Gasteiger partial charge in [0, 0.05) is 0 Å². The highest BCUT2D eigenvalue weighted by Gasteiger charge is 2.29. The molecule has 3 aliphatic rings. The van der Waals surface area contributed by atoms with Crippen molar-refractivity contribution in [1.29, 1.82) is 0 Å². The molecule has 0 saturated heterocycles. The summed E-state index contributed by atoms with van der Waals surface area (Å²) in [6.45, 7) is 0. The second-order valence-electron chi connectivity index (χ2n) is 7.09. The molecule has 0 bridgehead atoms. The molecule has 3 rings (SSSR count). The summed E-state index contributed by atoms with van der Waals surface area (Å²) < 4.78 is 0. The van der Waals surface area contributed by atoms with Gasteiger partial charge in [-0.05, 0) is 49.4 Å². The van der Waals surface area contributed by atoms with Crippen LogP contribution in [0, 0.1) is 23.7 Å². The Hall–Kier alpha value is 0. The molecule has 1 radical (unpaired) electrons. The smallest absolute Gasteiger partial charge is 0.0235 e. The lowest BCUT2D eigenvalue weighted by Crippen LogP contribution is -2.13. The molecule has 17 heavy (non-hydrogen) atoms. The van der Waals surface area contributed by atoms with Crippen LogP contribution in [-0.4, -0.2) is 0 Å². The van der Waals surface area contributed by atoms with Gasteiger partial charge in [0.05, 0.1) is 0 Å². The third-order valence-corrected chi connectivity index (χ3v) is 5.46. The van der Waals surface area contributed by atoms with E-state index in [1.807, 2.05) is 5.92 Å². The Morgan fingerprint density at radius 1 is 0.647 bits per heavy atom. The minimum Gasteiger partial charge on any atom is -0.0530 e. The van der Waals surface area contributed by atoms with Crippen LogP contribution in [0.1, 0.15) is 83.5 Å². The van der Waals surface area contributed by atoms with Gasteiger partial charge in [0.1, 0.15) is 0 Å². The first-order valence-electron chi connectivity index (χ1n) is 8.23. The van der Waals surface area contributed by atoms with E-state index in [1.54, 1.807) is 12.8 Å². The van der Waals surface area contributed by atoms with E-state index in [0.29, 0.717) is 0 Å². The molecule has 0 spiro atoms. The van der Waals surface area contributed by atoms with E-state index < -0.39 is 0 Å². The molecule has 0 N–H and O–H groups in total. The highest BCUT2D eigenvalue weighted by atomic mass is 14.3. The Kier molecular flexibility index (Phi) is 4.08. The minimum atomic E-state index is 1.09. The number of rotatable bonds is 7. The minimum absolute atomic E-state index is 1.09. The van der Waals surface area contributed by atoms with Crippen LogP contribution in [-0.2, 0) is 0 Å². The molecule has 0 atom stereocenters. The van der Waals surface area contributed by atoms with E-state index in [-0.39, 0.29) is 0 Å². The predicted molar refractivity (Wildman–Crippen MR) is 73.7 cm³/mol. The molecule has 0 heteroatoms. The standard InChI is InChI=1S/C17H29/c1-2-5-15(4-1)12-17(13-16-9-10-16)11-8-14-6-3-7-14/h14-16H,1-13H2. The molecule has 0 aromatic heterocycles.